The predicted molar refractivity (Wildman–Crippen MR) is 155 cm³/mol. The van der Waals surface area contributed by atoms with Gasteiger partial charge in [0.1, 0.15) is 11.6 Å². The number of carboxylic acids is 1. The lowest BCUT2D eigenvalue weighted by molar-refractivity contribution is -0.134. The Bertz CT molecular complexity index is 1080. The van der Waals surface area contributed by atoms with Crippen LogP contribution in [0, 0.1) is 5.82 Å². The van der Waals surface area contributed by atoms with E-state index in [-0.39, 0.29) is 41.0 Å². The van der Waals surface area contributed by atoms with E-state index in [2.05, 4.69) is 13.8 Å². The van der Waals surface area contributed by atoms with E-state index in [4.69, 9.17) is 9.47 Å². The standard InChI is InChI=1S/C33H45FO6/c1-3-5-7-9-11-13-15-17-31(35)40-26-19-21-27(32(36)37)29(24-26)25-18-20-28(30(34)23-25)33(38)39-22-16-14-12-10-8-6-4-2/h18-21,23-24H,3-17,22H2,1-2H3,(H,36,37). The van der Waals surface area contributed by atoms with Gasteiger partial charge in [-0.1, -0.05) is 97.0 Å². The lowest BCUT2D eigenvalue weighted by atomic mass is 9.98. The number of halogens is 1. The largest absolute Gasteiger partial charge is 0.478 e. The van der Waals surface area contributed by atoms with Crippen molar-refractivity contribution in [1.82, 2.24) is 0 Å². The summed E-state index contributed by atoms with van der Waals surface area (Å²) < 4.78 is 25.6. The molecule has 0 saturated carbocycles. The van der Waals surface area contributed by atoms with E-state index in [9.17, 15) is 23.9 Å². The first kappa shape index (κ1) is 33.0. The molecule has 0 heterocycles. The van der Waals surface area contributed by atoms with Gasteiger partial charge in [0.05, 0.1) is 17.7 Å². The third-order valence-electron chi connectivity index (χ3n) is 6.92. The highest BCUT2D eigenvalue weighted by Crippen LogP contribution is 2.30. The van der Waals surface area contributed by atoms with Crippen molar-refractivity contribution in [3.8, 4) is 16.9 Å². The molecule has 0 bridgehead atoms. The highest BCUT2D eigenvalue weighted by atomic mass is 19.1. The number of rotatable bonds is 20. The molecule has 0 aromatic heterocycles. The number of carbonyl (C=O) groups excluding carboxylic acids is 2. The zero-order valence-electron chi connectivity index (χ0n) is 24.1. The van der Waals surface area contributed by atoms with E-state index in [1.54, 1.807) is 0 Å². The molecule has 0 unspecified atom stereocenters. The molecule has 0 atom stereocenters. The summed E-state index contributed by atoms with van der Waals surface area (Å²) in [5.74, 6) is -2.96. The van der Waals surface area contributed by atoms with Crippen molar-refractivity contribution >= 4 is 17.9 Å². The van der Waals surface area contributed by atoms with Crippen molar-refractivity contribution in [3.05, 3.63) is 53.3 Å². The van der Waals surface area contributed by atoms with E-state index in [0.717, 1.165) is 57.4 Å². The smallest absolute Gasteiger partial charge is 0.341 e. The molecular formula is C33H45FO6. The van der Waals surface area contributed by atoms with Crippen LogP contribution in [0.4, 0.5) is 4.39 Å². The Morgan fingerprint density at radius 3 is 1.90 bits per heavy atom. The molecule has 220 valence electrons. The summed E-state index contributed by atoms with van der Waals surface area (Å²) in [6.45, 7) is 4.57. The van der Waals surface area contributed by atoms with Crippen molar-refractivity contribution < 1.29 is 33.4 Å². The van der Waals surface area contributed by atoms with Crippen LogP contribution < -0.4 is 4.74 Å². The number of carboxylic acid groups (broad SMARTS) is 1. The number of aromatic carboxylic acids is 1. The van der Waals surface area contributed by atoms with Crippen LogP contribution in [0.15, 0.2) is 36.4 Å². The van der Waals surface area contributed by atoms with Gasteiger partial charge >= 0.3 is 17.9 Å². The number of unbranched alkanes of at least 4 members (excludes halogenated alkanes) is 12. The fourth-order valence-corrected chi connectivity index (χ4v) is 4.57. The molecule has 0 aliphatic heterocycles. The van der Waals surface area contributed by atoms with Crippen LogP contribution in [0.2, 0.25) is 0 Å². The minimum absolute atomic E-state index is 0.0689. The topological polar surface area (TPSA) is 89.9 Å². The van der Waals surface area contributed by atoms with Gasteiger partial charge in [-0.15, -0.1) is 0 Å². The molecular weight excluding hydrogens is 511 g/mol. The van der Waals surface area contributed by atoms with Crippen molar-refractivity contribution in [2.45, 2.75) is 110 Å². The minimum Gasteiger partial charge on any atom is -0.478 e. The number of hydrogen-bond acceptors (Lipinski definition) is 5. The molecule has 2 rings (SSSR count). The number of carbonyl (C=O) groups is 3. The number of esters is 2. The number of benzene rings is 2. The highest BCUT2D eigenvalue weighted by molar-refractivity contribution is 5.97. The van der Waals surface area contributed by atoms with Gasteiger partial charge in [-0.3, -0.25) is 4.79 Å². The monoisotopic (exact) mass is 556 g/mol. The van der Waals surface area contributed by atoms with Crippen LogP contribution >= 0.6 is 0 Å². The normalized spacial score (nSPS) is 10.9. The van der Waals surface area contributed by atoms with Gasteiger partial charge in [0.2, 0.25) is 0 Å². The van der Waals surface area contributed by atoms with Crippen LogP contribution in [0.5, 0.6) is 5.75 Å². The van der Waals surface area contributed by atoms with Gasteiger partial charge in [-0.2, -0.15) is 0 Å². The van der Waals surface area contributed by atoms with Crippen LogP contribution in [-0.2, 0) is 9.53 Å². The molecule has 0 saturated heterocycles. The van der Waals surface area contributed by atoms with Crippen molar-refractivity contribution in [3.63, 3.8) is 0 Å². The first-order valence-electron chi connectivity index (χ1n) is 14.9. The lowest BCUT2D eigenvalue weighted by Gasteiger charge is -2.12. The Hall–Kier alpha value is -3.22. The fourth-order valence-electron chi connectivity index (χ4n) is 4.57. The summed E-state index contributed by atoms with van der Waals surface area (Å²) in [6, 6.07) is 8.04. The van der Waals surface area contributed by atoms with E-state index >= 15 is 0 Å². The molecule has 40 heavy (non-hydrogen) atoms. The van der Waals surface area contributed by atoms with Crippen LogP contribution in [0.1, 0.15) is 131 Å². The summed E-state index contributed by atoms with van der Waals surface area (Å²) in [4.78, 5) is 36.5. The van der Waals surface area contributed by atoms with Gasteiger partial charge in [-0.25, -0.2) is 14.0 Å². The maximum Gasteiger partial charge on any atom is 0.341 e. The Morgan fingerprint density at radius 2 is 1.30 bits per heavy atom. The third kappa shape index (κ3) is 11.9. The van der Waals surface area contributed by atoms with Gasteiger partial charge in [0.25, 0.3) is 0 Å². The summed E-state index contributed by atoms with van der Waals surface area (Å²) in [6.07, 6.45) is 15.4. The van der Waals surface area contributed by atoms with Crippen LogP contribution in [0.25, 0.3) is 11.1 Å². The average molecular weight is 557 g/mol. The zero-order chi connectivity index (χ0) is 29.2. The maximum atomic E-state index is 14.9. The maximum absolute atomic E-state index is 14.9. The van der Waals surface area contributed by atoms with E-state index < -0.39 is 23.7 Å². The van der Waals surface area contributed by atoms with Crippen LogP contribution in [0.3, 0.4) is 0 Å². The second-order valence-electron chi connectivity index (χ2n) is 10.3. The highest BCUT2D eigenvalue weighted by Gasteiger charge is 2.18. The Morgan fingerprint density at radius 1 is 0.725 bits per heavy atom. The molecule has 0 fully saturated rings. The first-order chi connectivity index (χ1) is 19.4. The molecule has 7 heteroatoms. The predicted octanol–water partition coefficient (Wildman–Crippen LogP) is 9.14. The molecule has 0 spiro atoms. The summed E-state index contributed by atoms with van der Waals surface area (Å²) >= 11 is 0. The Balaban J connectivity index is 1.97. The summed E-state index contributed by atoms with van der Waals surface area (Å²) in [7, 11) is 0. The molecule has 2 aromatic rings. The van der Waals surface area contributed by atoms with Crippen molar-refractivity contribution in [1.29, 1.82) is 0 Å². The fraction of sp³-hybridized carbons (Fsp3) is 0.545. The first-order valence-corrected chi connectivity index (χ1v) is 14.9. The second kappa shape index (κ2) is 19.0. The van der Waals surface area contributed by atoms with Gasteiger partial charge in [-0.05, 0) is 54.3 Å². The zero-order valence-corrected chi connectivity index (χ0v) is 24.1. The molecule has 0 amide bonds. The molecule has 0 aliphatic carbocycles. The minimum atomic E-state index is -1.20. The van der Waals surface area contributed by atoms with E-state index in [0.29, 0.717) is 0 Å². The molecule has 0 aliphatic rings. The van der Waals surface area contributed by atoms with Crippen molar-refractivity contribution in [2.75, 3.05) is 6.61 Å². The molecule has 0 radical (unpaired) electrons. The third-order valence-corrected chi connectivity index (χ3v) is 6.92. The summed E-state index contributed by atoms with van der Waals surface area (Å²) in [5, 5.41) is 9.66. The van der Waals surface area contributed by atoms with Gasteiger partial charge < -0.3 is 14.6 Å². The quantitative estimate of drug-likeness (QED) is 0.0993. The molecule has 1 N–H and O–H groups in total. The van der Waals surface area contributed by atoms with E-state index in [1.807, 2.05) is 0 Å². The molecule has 6 nitrogen and oxygen atoms in total. The second-order valence-corrected chi connectivity index (χ2v) is 10.3. The SMILES string of the molecule is CCCCCCCCCOC(=O)c1ccc(-c2cc(OC(=O)CCCCCCCCC)ccc2C(=O)O)cc1F. The Kier molecular flexibility index (Phi) is 15.6. The Labute approximate surface area is 238 Å². The molecule has 2 aromatic carbocycles. The summed E-state index contributed by atoms with van der Waals surface area (Å²) in [5.41, 5.74) is 0.167. The van der Waals surface area contributed by atoms with Crippen LogP contribution in [-0.4, -0.2) is 29.6 Å². The number of ether oxygens (including phenoxy) is 2. The van der Waals surface area contributed by atoms with Gasteiger partial charge in [0, 0.05) is 6.42 Å². The van der Waals surface area contributed by atoms with Crippen molar-refractivity contribution in [2.24, 2.45) is 0 Å². The van der Waals surface area contributed by atoms with E-state index in [1.165, 1.54) is 68.9 Å². The number of hydrogen-bond donors (Lipinski definition) is 1. The lowest BCUT2D eigenvalue weighted by Crippen LogP contribution is -2.10. The average Bonchev–Trinajstić information content (AvgIpc) is 2.93. The van der Waals surface area contributed by atoms with Gasteiger partial charge in [0.15, 0.2) is 0 Å².